The van der Waals surface area contributed by atoms with Crippen LogP contribution in [0.2, 0.25) is 0 Å². The second-order valence-corrected chi connectivity index (χ2v) is 5.13. The van der Waals surface area contributed by atoms with E-state index in [-0.39, 0.29) is 19.3 Å². The summed E-state index contributed by atoms with van der Waals surface area (Å²) in [6.45, 7) is 1.62. The molecule has 0 unspecified atom stereocenters. The van der Waals surface area contributed by atoms with Crippen molar-refractivity contribution < 1.29 is 29.6 Å². The minimum atomic E-state index is -1.35. The van der Waals surface area contributed by atoms with Crippen molar-refractivity contribution in [2.75, 3.05) is 0 Å². The van der Waals surface area contributed by atoms with Gasteiger partial charge in [-0.2, -0.15) is 0 Å². The Labute approximate surface area is 141 Å². The maximum atomic E-state index is 13.0. The van der Waals surface area contributed by atoms with Gasteiger partial charge in [0.15, 0.2) is 0 Å². The highest BCUT2D eigenvalue weighted by atomic mass is 19.1. The van der Waals surface area contributed by atoms with Crippen LogP contribution in [0.15, 0.2) is 36.5 Å². The number of carboxylic acids is 1. The maximum absolute atomic E-state index is 13.0. The minimum Gasteiger partial charge on any atom is -0.481 e. The van der Waals surface area contributed by atoms with E-state index < -0.39 is 30.5 Å². The minimum absolute atomic E-state index is 0.0463. The van der Waals surface area contributed by atoms with Crippen molar-refractivity contribution in [3.05, 3.63) is 36.5 Å². The molecule has 4 N–H and O–H groups in total. The first-order valence-electron chi connectivity index (χ1n) is 7.79. The van der Waals surface area contributed by atoms with E-state index in [1.807, 2.05) is 0 Å². The van der Waals surface area contributed by atoms with E-state index in [9.17, 15) is 24.5 Å². The number of aliphatic hydroxyl groups is 3. The van der Waals surface area contributed by atoms with Crippen molar-refractivity contribution in [3.8, 4) is 11.8 Å². The van der Waals surface area contributed by atoms with E-state index in [1.54, 1.807) is 25.2 Å². The predicted octanol–water partition coefficient (Wildman–Crippen LogP) is 1.74. The summed E-state index contributed by atoms with van der Waals surface area (Å²) in [7, 11) is 0. The van der Waals surface area contributed by atoms with Crippen LogP contribution in [0.5, 0.6) is 0 Å². The molecule has 24 heavy (non-hydrogen) atoms. The number of hydrogen-bond acceptors (Lipinski definition) is 4. The first-order chi connectivity index (χ1) is 11.4. The number of halogens is 1. The van der Waals surface area contributed by atoms with Crippen LogP contribution in [0.1, 0.15) is 32.6 Å². The van der Waals surface area contributed by atoms with E-state index >= 15 is 0 Å². The Morgan fingerprint density at radius 3 is 2.46 bits per heavy atom. The molecular weight excluding hydrogens is 315 g/mol. The third-order valence-electron chi connectivity index (χ3n) is 3.07. The number of carbonyl (C=O) groups is 1. The van der Waals surface area contributed by atoms with Crippen molar-refractivity contribution >= 4 is 5.97 Å². The number of carboxylic acid groups (broad SMARTS) is 1. The first kappa shape index (κ1) is 22.1. The molecular formula is C18H25FO5. The Hall–Kier alpha value is -1.94. The highest BCUT2D eigenvalue weighted by molar-refractivity contribution is 5.66. The molecule has 0 aromatic carbocycles. The molecule has 0 spiro atoms. The zero-order valence-electron chi connectivity index (χ0n) is 13.7. The molecule has 134 valence electrons. The van der Waals surface area contributed by atoms with Gasteiger partial charge in [0.05, 0.1) is 12.2 Å². The van der Waals surface area contributed by atoms with Gasteiger partial charge in [-0.3, -0.25) is 4.79 Å². The zero-order valence-corrected chi connectivity index (χ0v) is 13.7. The van der Waals surface area contributed by atoms with Crippen molar-refractivity contribution in [1.82, 2.24) is 0 Å². The number of alkyl halides is 1. The van der Waals surface area contributed by atoms with Gasteiger partial charge >= 0.3 is 5.97 Å². The number of hydrogen-bond donors (Lipinski definition) is 4. The number of aliphatic carboxylic acids is 1. The van der Waals surface area contributed by atoms with Crippen LogP contribution in [0.3, 0.4) is 0 Å². The van der Waals surface area contributed by atoms with E-state index in [0.717, 1.165) is 0 Å². The van der Waals surface area contributed by atoms with Crippen LogP contribution in [-0.4, -0.2) is 50.9 Å². The molecule has 0 aromatic heterocycles. The molecule has 4 atom stereocenters. The number of aliphatic hydroxyl groups excluding tert-OH is 3. The molecule has 0 bridgehead atoms. The monoisotopic (exact) mass is 340 g/mol. The molecule has 0 rings (SSSR count). The largest absolute Gasteiger partial charge is 0.481 e. The van der Waals surface area contributed by atoms with Gasteiger partial charge < -0.3 is 20.4 Å². The fraction of sp³-hybridized carbons (Fsp3) is 0.500. The lowest BCUT2D eigenvalue weighted by Gasteiger charge is -2.13. The lowest BCUT2D eigenvalue weighted by Crippen LogP contribution is -2.23. The van der Waals surface area contributed by atoms with Gasteiger partial charge in [-0.1, -0.05) is 49.1 Å². The van der Waals surface area contributed by atoms with Gasteiger partial charge in [0.2, 0.25) is 0 Å². The van der Waals surface area contributed by atoms with E-state index in [0.29, 0.717) is 6.42 Å². The molecule has 0 saturated carbocycles. The SMILES string of the molecule is CC[C@H](F)[C@@H](O)C#C\C=C/C=C/C=C/[C@@H](O)[C@@H](O)CCCC(=O)O. The van der Waals surface area contributed by atoms with Crippen LogP contribution in [0, 0.1) is 11.8 Å². The molecule has 0 radical (unpaired) electrons. The van der Waals surface area contributed by atoms with Gasteiger partial charge in [0.25, 0.3) is 0 Å². The molecule has 5 nitrogen and oxygen atoms in total. The third-order valence-corrected chi connectivity index (χ3v) is 3.07. The van der Waals surface area contributed by atoms with E-state index in [2.05, 4.69) is 11.8 Å². The molecule has 0 aliphatic heterocycles. The highest BCUT2D eigenvalue weighted by Gasteiger charge is 2.13. The normalized spacial score (nSPS) is 16.9. The maximum Gasteiger partial charge on any atom is 0.303 e. The summed E-state index contributed by atoms with van der Waals surface area (Å²) < 4.78 is 13.0. The third kappa shape index (κ3) is 11.6. The smallest absolute Gasteiger partial charge is 0.303 e. The second-order valence-electron chi connectivity index (χ2n) is 5.13. The van der Waals surface area contributed by atoms with Crippen LogP contribution < -0.4 is 0 Å². The molecule has 6 heteroatoms. The summed E-state index contributed by atoms with van der Waals surface area (Å²) in [5.74, 6) is 3.94. The summed E-state index contributed by atoms with van der Waals surface area (Å²) >= 11 is 0. The Morgan fingerprint density at radius 1 is 1.17 bits per heavy atom. The molecule has 0 amide bonds. The van der Waals surface area contributed by atoms with Crippen LogP contribution >= 0.6 is 0 Å². The van der Waals surface area contributed by atoms with Gasteiger partial charge in [-0.15, -0.1) is 0 Å². The first-order valence-corrected chi connectivity index (χ1v) is 7.79. The van der Waals surface area contributed by atoms with Gasteiger partial charge in [-0.05, 0) is 25.3 Å². The Morgan fingerprint density at radius 2 is 1.83 bits per heavy atom. The average Bonchev–Trinajstić information content (AvgIpc) is 2.55. The highest BCUT2D eigenvalue weighted by Crippen LogP contribution is 2.06. The van der Waals surface area contributed by atoms with E-state index in [4.69, 9.17) is 5.11 Å². The van der Waals surface area contributed by atoms with Gasteiger partial charge in [-0.25, -0.2) is 4.39 Å². The standard InChI is InChI=1S/C18H25FO5/c1-2-14(19)15(20)10-7-5-3-4-6-8-11-16(21)17(22)12-9-13-18(23)24/h3-6,8,11,14-17,20-22H,2,9,12-13H2,1H3,(H,23,24)/b5-3-,6-4+,11-8+/t14-,15-,16+,17-/m0/s1. The lowest BCUT2D eigenvalue weighted by molar-refractivity contribution is -0.137. The molecule has 0 saturated heterocycles. The number of allylic oxidation sites excluding steroid dienone is 5. The Bertz CT molecular complexity index is 501. The summed E-state index contributed by atoms with van der Waals surface area (Å²) in [5, 5.41) is 37.0. The van der Waals surface area contributed by atoms with Crippen molar-refractivity contribution in [2.24, 2.45) is 0 Å². The molecule has 0 aromatic rings. The predicted molar refractivity (Wildman–Crippen MR) is 89.9 cm³/mol. The molecule has 0 heterocycles. The zero-order chi connectivity index (χ0) is 18.4. The lowest BCUT2D eigenvalue weighted by atomic mass is 10.1. The number of rotatable bonds is 10. The Balaban J connectivity index is 4.12. The van der Waals surface area contributed by atoms with Crippen molar-refractivity contribution in [3.63, 3.8) is 0 Å². The summed E-state index contributed by atoms with van der Waals surface area (Å²) in [6, 6.07) is 0. The van der Waals surface area contributed by atoms with Gasteiger partial charge in [0, 0.05) is 6.42 Å². The van der Waals surface area contributed by atoms with Crippen LogP contribution in [0.25, 0.3) is 0 Å². The van der Waals surface area contributed by atoms with Crippen LogP contribution in [0.4, 0.5) is 4.39 Å². The topological polar surface area (TPSA) is 98.0 Å². The second kappa shape index (κ2) is 13.5. The van der Waals surface area contributed by atoms with E-state index in [1.165, 1.54) is 18.2 Å². The summed E-state index contributed by atoms with van der Waals surface area (Å²) in [5.41, 5.74) is 0. The molecule has 0 fully saturated rings. The Kier molecular flexibility index (Phi) is 12.4. The quantitative estimate of drug-likeness (QED) is 0.359. The molecule has 0 aliphatic rings. The summed E-state index contributed by atoms with van der Waals surface area (Å²) in [6.07, 6.45) is 5.10. The van der Waals surface area contributed by atoms with Gasteiger partial charge in [0.1, 0.15) is 12.3 Å². The fourth-order valence-corrected chi connectivity index (χ4v) is 1.62. The van der Waals surface area contributed by atoms with Crippen molar-refractivity contribution in [2.45, 2.75) is 57.1 Å². The fourth-order valence-electron chi connectivity index (χ4n) is 1.62. The van der Waals surface area contributed by atoms with Crippen LogP contribution in [-0.2, 0) is 4.79 Å². The van der Waals surface area contributed by atoms with Crippen molar-refractivity contribution in [1.29, 1.82) is 0 Å². The molecule has 0 aliphatic carbocycles. The summed E-state index contributed by atoms with van der Waals surface area (Å²) in [4.78, 5) is 10.3. The average molecular weight is 340 g/mol.